The fourth-order valence-corrected chi connectivity index (χ4v) is 2.09. The highest BCUT2D eigenvalue weighted by Gasteiger charge is 2.17. The van der Waals surface area contributed by atoms with E-state index in [1.165, 1.54) is 5.56 Å². The zero-order chi connectivity index (χ0) is 12.3. The van der Waals surface area contributed by atoms with Crippen molar-refractivity contribution in [2.45, 2.75) is 19.3 Å². The van der Waals surface area contributed by atoms with E-state index in [2.05, 4.69) is 23.6 Å². The molecule has 1 amide bonds. The first kappa shape index (κ1) is 11.9. The van der Waals surface area contributed by atoms with Crippen molar-refractivity contribution in [2.75, 3.05) is 25.5 Å². The van der Waals surface area contributed by atoms with Crippen molar-refractivity contribution in [3.8, 4) is 5.75 Å². The van der Waals surface area contributed by atoms with Crippen molar-refractivity contribution < 1.29 is 9.53 Å². The molecule has 1 aromatic rings. The van der Waals surface area contributed by atoms with E-state index >= 15 is 0 Å². The maximum Gasteiger partial charge on any atom is 0.262 e. The summed E-state index contributed by atoms with van der Waals surface area (Å²) in [6.07, 6.45) is 1.08. The predicted molar refractivity (Wildman–Crippen MR) is 67.5 cm³/mol. The molecule has 2 rings (SSSR count). The molecule has 1 unspecified atom stereocenters. The first-order valence-corrected chi connectivity index (χ1v) is 5.95. The summed E-state index contributed by atoms with van der Waals surface area (Å²) in [6, 6.07) is 6.00. The predicted octanol–water partition coefficient (Wildman–Crippen LogP) is 1.73. The number of ether oxygens (including phenoxy) is 1. The Hall–Kier alpha value is -1.55. The number of carbonyl (C=O) groups excluding carboxylic acids is 1. The van der Waals surface area contributed by atoms with Gasteiger partial charge in [-0.2, -0.15) is 0 Å². The first-order chi connectivity index (χ1) is 8.24. The van der Waals surface area contributed by atoms with Gasteiger partial charge in [-0.05, 0) is 37.1 Å². The summed E-state index contributed by atoms with van der Waals surface area (Å²) < 4.78 is 5.42. The number of likely N-dealkylation sites (N-methyl/N-ethyl adjacent to an activating group) is 1. The summed E-state index contributed by atoms with van der Waals surface area (Å²) in [4.78, 5) is 11.2. The Morgan fingerprint density at radius 2 is 2.35 bits per heavy atom. The summed E-state index contributed by atoms with van der Waals surface area (Å²) in [5, 5.41) is 5.99. The third kappa shape index (κ3) is 2.58. The molecule has 2 N–H and O–H groups in total. The van der Waals surface area contributed by atoms with Gasteiger partial charge in [0.05, 0.1) is 5.69 Å². The van der Waals surface area contributed by atoms with Gasteiger partial charge in [0.25, 0.3) is 5.91 Å². The maximum absolute atomic E-state index is 11.2. The highest BCUT2D eigenvalue weighted by Crippen LogP contribution is 2.31. The van der Waals surface area contributed by atoms with Crippen LogP contribution in [0, 0.1) is 0 Å². The lowest BCUT2D eigenvalue weighted by Gasteiger charge is -2.21. The van der Waals surface area contributed by atoms with E-state index in [0.717, 1.165) is 24.4 Å². The molecule has 1 aliphatic rings. The van der Waals surface area contributed by atoms with Crippen LogP contribution in [0.1, 0.15) is 24.8 Å². The molecule has 4 heteroatoms. The maximum atomic E-state index is 11.2. The van der Waals surface area contributed by atoms with Crippen LogP contribution in [0.5, 0.6) is 5.75 Å². The van der Waals surface area contributed by atoms with E-state index < -0.39 is 0 Å². The number of fused-ring (bicyclic) bond motifs is 1. The molecular formula is C13H18N2O2. The molecule has 0 bridgehead atoms. The zero-order valence-electron chi connectivity index (χ0n) is 10.2. The molecule has 0 fully saturated rings. The number of carbonyl (C=O) groups is 1. The third-order valence-corrected chi connectivity index (χ3v) is 3.05. The smallest absolute Gasteiger partial charge is 0.262 e. The van der Waals surface area contributed by atoms with E-state index in [4.69, 9.17) is 4.74 Å². The molecule has 4 nitrogen and oxygen atoms in total. The highest BCUT2D eigenvalue weighted by atomic mass is 16.5. The van der Waals surface area contributed by atoms with E-state index in [-0.39, 0.29) is 12.5 Å². The van der Waals surface area contributed by atoms with Crippen LogP contribution < -0.4 is 15.4 Å². The summed E-state index contributed by atoms with van der Waals surface area (Å²) in [5.41, 5.74) is 2.01. The van der Waals surface area contributed by atoms with Crippen LogP contribution in [-0.4, -0.2) is 26.1 Å². The lowest BCUT2D eigenvalue weighted by molar-refractivity contribution is -0.118. The van der Waals surface area contributed by atoms with Gasteiger partial charge < -0.3 is 15.4 Å². The highest BCUT2D eigenvalue weighted by molar-refractivity contribution is 5.95. The van der Waals surface area contributed by atoms with Crippen molar-refractivity contribution in [1.29, 1.82) is 0 Å². The fourth-order valence-electron chi connectivity index (χ4n) is 2.09. The van der Waals surface area contributed by atoms with Crippen molar-refractivity contribution in [3.05, 3.63) is 23.8 Å². The Labute approximate surface area is 101 Å². The summed E-state index contributed by atoms with van der Waals surface area (Å²) in [6.45, 7) is 3.23. The number of benzene rings is 1. The molecule has 92 valence electrons. The van der Waals surface area contributed by atoms with Gasteiger partial charge >= 0.3 is 0 Å². The van der Waals surface area contributed by atoms with Gasteiger partial charge in [0.15, 0.2) is 6.61 Å². The number of nitrogens with one attached hydrogen (secondary N) is 2. The Morgan fingerprint density at radius 3 is 3.06 bits per heavy atom. The van der Waals surface area contributed by atoms with Crippen molar-refractivity contribution >= 4 is 11.6 Å². The van der Waals surface area contributed by atoms with E-state index in [1.54, 1.807) is 0 Å². The van der Waals surface area contributed by atoms with Crippen LogP contribution in [-0.2, 0) is 4.79 Å². The number of hydrogen-bond acceptors (Lipinski definition) is 3. The molecule has 17 heavy (non-hydrogen) atoms. The molecule has 1 aliphatic heterocycles. The first-order valence-electron chi connectivity index (χ1n) is 5.95. The zero-order valence-corrected chi connectivity index (χ0v) is 10.2. The second kappa shape index (κ2) is 5.19. The van der Waals surface area contributed by atoms with Gasteiger partial charge in [-0.3, -0.25) is 4.79 Å². The molecule has 0 spiro atoms. The number of anilines is 1. The van der Waals surface area contributed by atoms with E-state index in [9.17, 15) is 4.79 Å². The molecule has 0 aliphatic carbocycles. The second-order valence-corrected chi connectivity index (χ2v) is 4.26. The van der Waals surface area contributed by atoms with Gasteiger partial charge in [0, 0.05) is 6.54 Å². The normalized spacial score (nSPS) is 15.8. The van der Waals surface area contributed by atoms with Gasteiger partial charge in [0.2, 0.25) is 0 Å². The largest absolute Gasteiger partial charge is 0.482 e. The van der Waals surface area contributed by atoms with E-state index in [0.29, 0.717) is 5.92 Å². The fraction of sp³-hybridized carbons (Fsp3) is 0.462. The summed E-state index contributed by atoms with van der Waals surface area (Å²) in [7, 11) is 1.96. The lowest BCUT2D eigenvalue weighted by Crippen LogP contribution is -2.25. The molecule has 1 heterocycles. The molecule has 0 saturated heterocycles. The standard InChI is InChI=1S/C13H18N2O2/c1-3-9(7-14-2)10-4-5-11-12(6-10)17-8-13(16)15-11/h4-6,9,14H,3,7-8H2,1-2H3,(H,15,16). The molecular weight excluding hydrogens is 216 g/mol. The second-order valence-electron chi connectivity index (χ2n) is 4.26. The number of hydrogen-bond donors (Lipinski definition) is 2. The monoisotopic (exact) mass is 234 g/mol. The summed E-state index contributed by atoms with van der Waals surface area (Å²) in [5.74, 6) is 1.16. The van der Waals surface area contributed by atoms with Crippen molar-refractivity contribution in [1.82, 2.24) is 5.32 Å². The summed E-state index contributed by atoms with van der Waals surface area (Å²) >= 11 is 0. The SMILES string of the molecule is CCC(CNC)c1ccc2c(c1)OCC(=O)N2. The van der Waals surface area contributed by atoms with Crippen LogP contribution >= 0.6 is 0 Å². The molecule has 0 saturated carbocycles. The minimum atomic E-state index is -0.0903. The van der Waals surface area contributed by atoms with Crippen LogP contribution in [0.3, 0.4) is 0 Å². The van der Waals surface area contributed by atoms with Crippen LogP contribution in [0.15, 0.2) is 18.2 Å². The van der Waals surface area contributed by atoms with Gasteiger partial charge in [-0.25, -0.2) is 0 Å². The van der Waals surface area contributed by atoms with Crippen molar-refractivity contribution in [3.63, 3.8) is 0 Å². The van der Waals surface area contributed by atoms with Gasteiger partial charge in [-0.15, -0.1) is 0 Å². The van der Waals surface area contributed by atoms with Gasteiger partial charge in [-0.1, -0.05) is 13.0 Å². The molecule has 1 atom stereocenters. The van der Waals surface area contributed by atoms with E-state index in [1.807, 2.05) is 19.2 Å². The lowest BCUT2D eigenvalue weighted by atomic mass is 9.95. The molecule has 0 aromatic heterocycles. The minimum absolute atomic E-state index is 0.0903. The minimum Gasteiger partial charge on any atom is -0.482 e. The Bertz CT molecular complexity index is 418. The van der Waals surface area contributed by atoms with Crippen LogP contribution in [0.4, 0.5) is 5.69 Å². The van der Waals surface area contributed by atoms with Crippen LogP contribution in [0.2, 0.25) is 0 Å². The average molecular weight is 234 g/mol. The number of rotatable bonds is 4. The Morgan fingerprint density at radius 1 is 1.53 bits per heavy atom. The van der Waals surface area contributed by atoms with Gasteiger partial charge in [0.1, 0.15) is 5.75 Å². The Balaban J connectivity index is 2.23. The molecule has 0 radical (unpaired) electrons. The third-order valence-electron chi connectivity index (χ3n) is 3.05. The average Bonchev–Trinajstić information content (AvgIpc) is 2.35. The van der Waals surface area contributed by atoms with Crippen molar-refractivity contribution in [2.24, 2.45) is 0 Å². The molecule has 1 aromatic carbocycles. The Kier molecular flexibility index (Phi) is 3.64. The number of amides is 1. The quantitative estimate of drug-likeness (QED) is 0.834. The topological polar surface area (TPSA) is 50.4 Å². The van der Waals surface area contributed by atoms with Crippen LogP contribution in [0.25, 0.3) is 0 Å².